The third-order valence-electron chi connectivity index (χ3n) is 4.07. The van der Waals surface area contributed by atoms with Crippen LogP contribution in [0, 0.1) is 12.7 Å². The summed E-state index contributed by atoms with van der Waals surface area (Å²) in [5.74, 6) is -2.01. The number of ether oxygens (including phenoxy) is 1. The lowest BCUT2D eigenvalue weighted by Gasteiger charge is -2.16. The molecule has 0 bridgehead atoms. The smallest absolute Gasteiger partial charge is 0.321 e. The summed E-state index contributed by atoms with van der Waals surface area (Å²) in [6.07, 6.45) is 0. The molecule has 2 N–H and O–H groups in total. The van der Waals surface area contributed by atoms with E-state index in [1.165, 1.54) is 12.1 Å². The molecule has 2 rings (SSSR count). The first-order chi connectivity index (χ1) is 13.6. The van der Waals surface area contributed by atoms with Crippen molar-refractivity contribution in [2.24, 2.45) is 0 Å². The van der Waals surface area contributed by atoms with Crippen molar-refractivity contribution < 1.29 is 27.1 Å². The van der Waals surface area contributed by atoms with Gasteiger partial charge in [-0.1, -0.05) is 38.1 Å². The lowest BCUT2D eigenvalue weighted by molar-refractivity contribution is -0.146. The fraction of sp³-hybridized carbons (Fsp3) is 0.300. The van der Waals surface area contributed by atoms with Gasteiger partial charge in [-0.3, -0.25) is 9.59 Å². The molecule has 0 aliphatic carbocycles. The predicted octanol–water partition coefficient (Wildman–Crippen LogP) is 2.72. The van der Waals surface area contributed by atoms with Gasteiger partial charge in [-0.2, -0.15) is 4.72 Å². The van der Waals surface area contributed by atoms with E-state index in [0.717, 1.165) is 23.3 Å². The quantitative estimate of drug-likeness (QED) is 0.637. The van der Waals surface area contributed by atoms with E-state index >= 15 is 0 Å². The van der Waals surface area contributed by atoms with Crippen LogP contribution in [0.15, 0.2) is 47.4 Å². The van der Waals surface area contributed by atoms with Gasteiger partial charge >= 0.3 is 5.97 Å². The van der Waals surface area contributed by atoms with Crippen molar-refractivity contribution >= 4 is 27.6 Å². The van der Waals surface area contributed by atoms with E-state index in [-0.39, 0.29) is 10.8 Å². The molecule has 0 unspecified atom stereocenters. The Hall–Kier alpha value is -2.78. The van der Waals surface area contributed by atoms with Crippen molar-refractivity contribution in [2.75, 3.05) is 18.5 Å². The number of hydrogen-bond donors (Lipinski definition) is 2. The Bertz CT molecular complexity index is 1010. The Balaban J connectivity index is 1.89. The Labute approximate surface area is 169 Å². The van der Waals surface area contributed by atoms with Gasteiger partial charge in [-0.15, -0.1) is 0 Å². The predicted molar refractivity (Wildman–Crippen MR) is 106 cm³/mol. The number of carbonyl (C=O) groups is 2. The minimum atomic E-state index is -4.08. The van der Waals surface area contributed by atoms with Crippen molar-refractivity contribution in [2.45, 2.75) is 31.6 Å². The van der Waals surface area contributed by atoms with Crippen LogP contribution < -0.4 is 10.0 Å². The largest absolute Gasteiger partial charge is 0.455 e. The van der Waals surface area contributed by atoms with Gasteiger partial charge in [0.25, 0.3) is 5.91 Å². The number of sulfonamides is 1. The van der Waals surface area contributed by atoms with Crippen molar-refractivity contribution in [1.29, 1.82) is 0 Å². The SMILES string of the molecule is Cc1cccc(C(C)C)c1NC(=O)COC(=O)CNS(=O)(=O)c1cccc(F)c1. The monoisotopic (exact) mass is 422 g/mol. The van der Waals surface area contributed by atoms with Gasteiger partial charge in [-0.25, -0.2) is 12.8 Å². The van der Waals surface area contributed by atoms with E-state index in [2.05, 4.69) is 5.32 Å². The molecule has 9 heteroatoms. The molecular weight excluding hydrogens is 399 g/mol. The Morgan fingerprint density at radius 2 is 1.83 bits per heavy atom. The van der Waals surface area contributed by atoms with Gasteiger partial charge in [0.1, 0.15) is 12.4 Å². The normalized spacial score (nSPS) is 11.3. The second-order valence-electron chi connectivity index (χ2n) is 6.68. The minimum absolute atomic E-state index is 0.185. The highest BCUT2D eigenvalue weighted by Crippen LogP contribution is 2.27. The highest BCUT2D eigenvalue weighted by atomic mass is 32.2. The number of hydrogen-bond acceptors (Lipinski definition) is 5. The fourth-order valence-electron chi connectivity index (χ4n) is 2.59. The molecule has 0 heterocycles. The minimum Gasteiger partial charge on any atom is -0.455 e. The van der Waals surface area contributed by atoms with Crippen molar-refractivity contribution in [3.05, 3.63) is 59.4 Å². The third-order valence-corrected chi connectivity index (χ3v) is 5.47. The number of anilines is 1. The fourth-order valence-corrected chi connectivity index (χ4v) is 3.59. The topological polar surface area (TPSA) is 102 Å². The molecule has 0 aliphatic rings. The summed E-state index contributed by atoms with van der Waals surface area (Å²) >= 11 is 0. The average Bonchev–Trinajstić information content (AvgIpc) is 2.66. The molecule has 0 fully saturated rings. The van der Waals surface area contributed by atoms with E-state index in [9.17, 15) is 22.4 Å². The number of rotatable bonds is 8. The lowest BCUT2D eigenvalue weighted by atomic mass is 9.98. The second kappa shape index (κ2) is 9.62. The molecule has 1 amide bonds. The number of halogens is 1. The van der Waals surface area contributed by atoms with E-state index in [1.807, 2.05) is 43.7 Å². The number of carbonyl (C=O) groups excluding carboxylic acids is 2. The van der Waals surface area contributed by atoms with Crippen LogP contribution in [0.4, 0.5) is 10.1 Å². The van der Waals surface area contributed by atoms with Gasteiger partial charge in [0.05, 0.1) is 4.90 Å². The molecule has 2 aromatic carbocycles. The second-order valence-corrected chi connectivity index (χ2v) is 8.45. The van der Waals surface area contributed by atoms with Gasteiger partial charge in [0.15, 0.2) is 6.61 Å². The molecule has 0 atom stereocenters. The van der Waals surface area contributed by atoms with Crippen LogP contribution in [0.2, 0.25) is 0 Å². The molecule has 7 nitrogen and oxygen atoms in total. The van der Waals surface area contributed by atoms with Crippen molar-refractivity contribution in [3.63, 3.8) is 0 Å². The number of esters is 1. The summed E-state index contributed by atoms with van der Waals surface area (Å²) in [6.45, 7) is 4.60. The zero-order valence-electron chi connectivity index (χ0n) is 16.4. The van der Waals surface area contributed by atoms with Gasteiger partial charge < -0.3 is 10.1 Å². The van der Waals surface area contributed by atoms with Crippen LogP contribution >= 0.6 is 0 Å². The zero-order chi connectivity index (χ0) is 21.6. The third kappa shape index (κ3) is 6.37. The highest BCUT2D eigenvalue weighted by Gasteiger charge is 2.18. The van der Waals surface area contributed by atoms with Crippen LogP contribution in [0.3, 0.4) is 0 Å². The molecule has 2 aromatic rings. The molecule has 29 heavy (non-hydrogen) atoms. The maximum Gasteiger partial charge on any atom is 0.321 e. The van der Waals surface area contributed by atoms with Crippen molar-refractivity contribution in [3.8, 4) is 0 Å². The Kier molecular flexibility index (Phi) is 7.46. The Morgan fingerprint density at radius 1 is 1.14 bits per heavy atom. The van der Waals surface area contributed by atoms with E-state index in [0.29, 0.717) is 5.69 Å². The number of para-hydroxylation sites is 1. The lowest BCUT2D eigenvalue weighted by Crippen LogP contribution is -2.32. The summed E-state index contributed by atoms with van der Waals surface area (Å²) in [5.41, 5.74) is 2.49. The first-order valence-corrected chi connectivity index (χ1v) is 10.4. The Morgan fingerprint density at radius 3 is 2.48 bits per heavy atom. The molecule has 156 valence electrons. The first kappa shape index (κ1) is 22.5. The number of benzene rings is 2. The molecule has 0 aliphatic heterocycles. The van der Waals surface area contributed by atoms with Crippen molar-refractivity contribution in [1.82, 2.24) is 4.72 Å². The highest BCUT2D eigenvalue weighted by molar-refractivity contribution is 7.89. The van der Waals surface area contributed by atoms with Gasteiger partial charge in [0.2, 0.25) is 10.0 Å². The zero-order valence-corrected chi connectivity index (χ0v) is 17.2. The number of amides is 1. The molecule has 0 radical (unpaired) electrons. The summed E-state index contributed by atoms with van der Waals surface area (Å²) in [4.78, 5) is 23.6. The maximum absolute atomic E-state index is 13.2. The first-order valence-electron chi connectivity index (χ1n) is 8.90. The van der Waals surface area contributed by atoms with Crippen LogP contribution in [0.1, 0.15) is 30.9 Å². The number of nitrogens with one attached hydrogen (secondary N) is 2. The van der Waals surface area contributed by atoms with Gasteiger partial charge in [-0.05, 0) is 42.2 Å². The van der Waals surface area contributed by atoms with E-state index < -0.39 is 40.9 Å². The molecule has 0 spiro atoms. The molecular formula is C20H23FN2O5S. The number of aryl methyl sites for hydroxylation is 1. The van der Waals surface area contributed by atoms with E-state index in [1.54, 1.807) is 0 Å². The molecule has 0 aromatic heterocycles. The van der Waals surface area contributed by atoms with Gasteiger partial charge in [0, 0.05) is 5.69 Å². The summed E-state index contributed by atoms with van der Waals surface area (Å²) in [6, 6.07) is 10.0. The summed E-state index contributed by atoms with van der Waals surface area (Å²) in [5, 5.41) is 2.72. The molecule has 0 saturated carbocycles. The van der Waals surface area contributed by atoms with Crippen LogP contribution in [0.5, 0.6) is 0 Å². The van der Waals surface area contributed by atoms with Crippen LogP contribution in [-0.4, -0.2) is 33.4 Å². The van der Waals surface area contributed by atoms with Crippen LogP contribution in [-0.2, 0) is 24.3 Å². The standard InChI is InChI=1S/C20H23FN2O5S/c1-13(2)17-9-4-6-14(3)20(17)23-18(24)12-28-19(25)11-22-29(26,27)16-8-5-7-15(21)10-16/h4-10,13,22H,11-12H2,1-3H3,(H,23,24). The van der Waals surface area contributed by atoms with Crippen LogP contribution in [0.25, 0.3) is 0 Å². The van der Waals surface area contributed by atoms with E-state index in [4.69, 9.17) is 4.74 Å². The molecule has 0 saturated heterocycles. The maximum atomic E-state index is 13.2. The average molecular weight is 422 g/mol. The summed E-state index contributed by atoms with van der Waals surface area (Å²) in [7, 11) is -4.08. The summed E-state index contributed by atoms with van der Waals surface area (Å²) < 4.78 is 44.1.